The van der Waals surface area contributed by atoms with Crippen molar-refractivity contribution in [1.82, 2.24) is 14.7 Å². The van der Waals surface area contributed by atoms with Crippen LogP contribution in [-0.2, 0) is 7.05 Å². The average Bonchev–Trinajstić information content (AvgIpc) is 3.18. The highest BCUT2D eigenvalue weighted by Crippen LogP contribution is 2.28. The summed E-state index contributed by atoms with van der Waals surface area (Å²) in [7, 11) is 1.63. The number of rotatable bonds is 4. The van der Waals surface area contributed by atoms with Crippen LogP contribution in [0.4, 0.5) is 18.9 Å². The van der Waals surface area contributed by atoms with E-state index in [0.717, 1.165) is 23.3 Å². The molecule has 0 atom stereocenters. The van der Waals surface area contributed by atoms with Gasteiger partial charge in [-0.05, 0) is 49.2 Å². The Hall–Kier alpha value is -3.88. The fourth-order valence-electron chi connectivity index (χ4n) is 3.79. The van der Waals surface area contributed by atoms with Gasteiger partial charge in [-0.3, -0.25) is 14.3 Å². The molecule has 2 amide bonds. The Kier molecular flexibility index (Phi) is 6.04. The number of para-hydroxylation sites is 1. The van der Waals surface area contributed by atoms with E-state index in [1.54, 1.807) is 18.0 Å². The minimum absolute atomic E-state index is 0.00612. The summed E-state index contributed by atoms with van der Waals surface area (Å²) in [5, 5.41) is 6.40. The molecule has 3 aromatic rings. The number of nitrogens with zero attached hydrogens (tertiary/aromatic N) is 3. The van der Waals surface area contributed by atoms with Crippen molar-refractivity contribution in [3.8, 4) is 0 Å². The minimum Gasteiger partial charge on any atom is -0.334 e. The van der Waals surface area contributed by atoms with Crippen LogP contribution in [0.3, 0.4) is 0 Å². The number of carbonyl (C=O) groups is 2. The maximum atomic E-state index is 14.1. The molecule has 0 bridgehead atoms. The van der Waals surface area contributed by atoms with Crippen molar-refractivity contribution < 1.29 is 22.8 Å². The molecule has 6 nitrogen and oxygen atoms in total. The molecule has 0 radical (unpaired) electrons. The van der Waals surface area contributed by atoms with Gasteiger partial charge in [-0.15, -0.1) is 0 Å². The summed E-state index contributed by atoms with van der Waals surface area (Å²) >= 11 is 0. The lowest BCUT2D eigenvalue weighted by Crippen LogP contribution is -2.37. The summed E-state index contributed by atoms with van der Waals surface area (Å²) in [6.45, 7) is 2.56. The van der Waals surface area contributed by atoms with Gasteiger partial charge in [0.25, 0.3) is 11.8 Å². The number of benzene rings is 2. The first-order valence-electron chi connectivity index (χ1n) is 10.3. The Balaban J connectivity index is 1.58. The van der Waals surface area contributed by atoms with E-state index in [4.69, 9.17) is 0 Å². The smallest absolute Gasteiger partial charge is 0.276 e. The van der Waals surface area contributed by atoms with Gasteiger partial charge in [0.05, 0.1) is 11.3 Å². The molecule has 2 heterocycles. The molecule has 170 valence electrons. The highest BCUT2D eigenvalue weighted by Gasteiger charge is 2.27. The molecule has 1 aliphatic heterocycles. The maximum Gasteiger partial charge on any atom is 0.276 e. The van der Waals surface area contributed by atoms with E-state index in [0.29, 0.717) is 18.7 Å². The second kappa shape index (κ2) is 8.93. The number of anilines is 1. The van der Waals surface area contributed by atoms with Crippen LogP contribution in [0.1, 0.15) is 39.9 Å². The third-order valence-corrected chi connectivity index (χ3v) is 5.64. The summed E-state index contributed by atoms with van der Waals surface area (Å²) in [5.41, 5.74) is 1.77. The van der Waals surface area contributed by atoms with E-state index in [-0.39, 0.29) is 17.8 Å². The summed E-state index contributed by atoms with van der Waals surface area (Å²) in [5.74, 6) is -3.57. The maximum absolute atomic E-state index is 14.1. The average molecular weight is 454 g/mol. The highest BCUT2D eigenvalue weighted by atomic mass is 19.1. The first kappa shape index (κ1) is 22.3. The van der Waals surface area contributed by atoms with Gasteiger partial charge in [0, 0.05) is 20.1 Å². The van der Waals surface area contributed by atoms with Crippen molar-refractivity contribution in [2.24, 2.45) is 7.05 Å². The number of hydrogen-bond acceptors (Lipinski definition) is 3. The van der Waals surface area contributed by atoms with Crippen molar-refractivity contribution in [1.29, 1.82) is 0 Å². The lowest BCUT2D eigenvalue weighted by atomic mass is 9.97. The first-order chi connectivity index (χ1) is 15.8. The lowest BCUT2D eigenvalue weighted by Gasteiger charge is -2.30. The number of aryl methyl sites for hydroxylation is 1. The number of amides is 2. The van der Waals surface area contributed by atoms with Crippen LogP contribution in [0.15, 0.2) is 54.1 Å². The fourth-order valence-corrected chi connectivity index (χ4v) is 3.79. The van der Waals surface area contributed by atoms with E-state index in [1.165, 1.54) is 35.0 Å². The van der Waals surface area contributed by atoms with Gasteiger partial charge in [-0.1, -0.05) is 23.8 Å². The number of nitrogens with one attached hydrogen (secondary N) is 1. The zero-order valence-corrected chi connectivity index (χ0v) is 18.0. The second-order valence-corrected chi connectivity index (χ2v) is 7.80. The molecule has 33 heavy (non-hydrogen) atoms. The van der Waals surface area contributed by atoms with E-state index in [1.807, 2.05) is 6.92 Å². The van der Waals surface area contributed by atoms with Crippen LogP contribution in [0.2, 0.25) is 0 Å². The van der Waals surface area contributed by atoms with Crippen molar-refractivity contribution in [3.05, 3.63) is 88.5 Å². The Morgan fingerprint density at radius 1 is 1.00 bits per heavy atom. The topological polar surface area (TPSA) is 67.2 Å². The van der Waals surface area contributed by atoms with E-state index in [2.05, 4.69) is 10.4 Å². The first-order valence-corrected chi connectivity index (χ1v) is 10.3. The van der Waals surface area contributed by atoms with Crippen molar-refractivity contribution in [2.45, 2.75) is 13.3 Å². The molecule has 0 saturated carbocycles. The van der Waals surface area contributed by atoms with Crippen LogP contribution in [0.5, 0.6) is 0 Å². The summed E-state index contributed by atoms with van der Waals surface area (Å²) in [6, 6.07) is 10.6. The van der Waals surface area contributed by atoms with E-state index in [9.17, 15) is 22.8 Å². The van der Waals surface area contributed by atoms with Crippen molar-refractivity contribution >= 4 is 23.1 Å². The number of aromatic nitrogens is 2. The van der Waals surface area contributed by atoms with Crippen LogP contribution in [-0.4, -0.2) is 39.6 Å². The van der Waals surface area contributed by atoms with Gasteiger partial charge < -0.3 is 10.2 Å². The molecule has 0 saturated heterocycles. The highest BCUT2D eigenvalue weighted by molar-refractivity contribution is 6.03. The molecule has 1 N–H and O–H groups in total. The van der Waals surface area contributed by atoms with Gasteiger partial charge in [-0.25, -0.2) is 13.2 Å². The molecular weight excluding hydrogens is 433 g/mol. The number of halogens is 3. The van der Waals surface area contributed by atoms with Crippen LogP contribution in [0, 0.1) is 17.5 Å². The number of hydrogen-bond donors (Lipinski definition) is 1. The molecule has 2 aromatic carbocycles. The van der Waals surface area contributed by atoms with E-state index >= 15 is 0 Å². The van der Waals surface area contributed by atoms with Crippen LogP contribution in [0.25, 0.3) is 5.57 Å². The second-order valence-electron chi connectivity index (χ2n) is 7.80. The Bertz CT molecular complexity index is 1260. The number of carbonyl (C=O) groups excluding carboxylic acids is 2. The lowest BCUT2D eigenvalue weighted by molar-refractivity contribution is 0.0768. The summed E-state index contributed by atoms with van der Waals surface area (Å²) < 4.78 is 43.4. The third-order valence-electron chi connectivity index (χ3n) is 5.64. The quantitative estimate of drug-likeness (QED) is 0.635. The Morgan fingerprint density at radius 3 is 2.36 bits per heavy atom. The SMILES string of the molecule is CC1=C(c2cc(C(=O)Nc3c(F)cccc3F)nn2C)CN(C(=O)c2ccccc2F)CC1. The third kappa shape index (κ3) is 4.39. The predicted molar refractivity (Wildman–Crippen MR) is 117 cm³/mol. The van der Waals surface area contributed by atoms with Crippen LogP contribution >= 0.6 is 0 Å². The molecule has 0 spiro atoms. The van der Waals surface area contributed by atoms with Gasteiger partial charge in [-0.2, -0.15) is 5.10 Å². The summed E-state index contributed by atoms with van der Waals surface area (Å²) in [6.07, 6.45) is 0.572. The monoisotopic (exact) mass is 454 g/mol. The minimum atomic E-state index is -0.896. The standard InChI is InChI=1S/C24H21F3N4O2/c1-14-10-11-31(24(33)15-6-3-4-7-17(15)25)13-16(14)21-12-20(29-30(21)2)23(32)28-22-18(26)8-5-9-19(22)27/h3-9,12H,10-11,13H2,1-2H3,(H,28,32). The fraction of sp³-hybridized carbons (Fsp3) is 0.208. The van der Waals surface area contributed by atoms with Gasteiger partial charge in [0.2, 0.25) is 0 Å². The Labute approximate surface area is 188 Å². The molecule has 9 heteroatoms. The van der Waals surface area contributed by atoms with Crippen molar-refractivity contribution in [3.63, 3.8) is 0 Å². The van der Waals surface area contributed by atoms with Crippen LogP contribution < -0.4 is 5.32 Å². The van der Waals surface area contributed by atoms with Gasteiger partial charge in [0.1, 0.15) is 23.1 Å². The summed E-state index contributed by atoms with van der Waals surface area (Å²) in [4.78, 5) is 27.0. The molecule has 0 unspecified atom stereocenters. The molecular formula is C24H21F3N4O2. The van der Waals surface area contributed by atoms with Gasteiger partial charge in [0.15, 0.2) is 5.69 Å². The Morgan fingerprint density at radius 2 is 1.67 bits per heavy atom. The van der Waals surface area contributed by atoms with E-state index < -0.39 is 35.0 Å². The zero-order chi connectivity index (χ0) is 23.7. The molecule has 4 rings (SSSR count). The molecule has 1 aromatic heterocycles. The van der Waals surface area contributed by atoms with Crippen molar-refractivity contribution in [2.75, 3.05) is 18.4 Å². The molecule has 0 aliphatic carbocycles. The zero-order valence-electron chi connectivity index (χ0n) is 18.0. The molecule has 1 aliphatic rings. The normalized spacial score (nSPS) is 13.9. The largest absolute Gasteiger partial charge is 0.334 e. The van der Waals surface area contributed by atoms with Gasteiger partial charge >= 0.3 is 0 Å². The molecule has 0 fully saturated rings. The predicted octanol–water partition coefficient (Wildman–Crippen LogP) is 4.41.